The average molecular weight is 439 g/mol. The van der Waals surface area contributed by atoms with Crippen LogP contribution in [-0.4, -0.2) is 27.9 Å². The normalized spacial score (nSPS) is 12.2. The van der Waals surface area contributed by atoms with Crippen LogP contribution in [0.25, 0.3) is 0 Å². The minimum absolute atomic E-state index is 0.0455. The zero-order valence-corrected chi connectivity index (χ0v) is 16.7. The molecular weight excluding hydrogens is 423 g/mol. The Morgan fingerprint density at radius 3 is 2.31 bits per heavy atom. The smallest absolute Gasteiger partial charge is 0.269 e. The highest BCUT2D eigenvalue weighted by molar-refractivity contribution is 7.93. The van der Waals surface area contributed by atoms with Gasteiger partial charge in [-0.1, -0.05) is 35.3 Å². The van der Waals surface area contributed by atoms with Crippen LogP contribution in [0, 0.1) is 0 Å². The average Bonchev–Trinajstić information content (AvgIpc) is 2.50. The van der Waals surface area contributed by atoms with E-state index in [4.69, 9.17) is 33.5 Å². The van der Waals surface area contributed by atoms with Gasteiger partial charge >= 0.3 is 0 Å². The van der Waals surface area contributed by atoms with Crippen LogP contribution in [0.3, 0.4) is 0 Å². The van der Waals surface area contributed by atoms with Gasteiger partial charge in [-0.2, -0.15) is 8.42 Å². The number of nitrogens with zero attached hydrogens (tertiary/aromatic N) is 1. The summed E-state index contributed by atoms with van der Waals surface area (Å²) in [7, 11) is -8.34. The number of benzene rings is 2. The fourth-order valence-electron chi connectivity index (χ4n) is 2.36. The largest absolute Gasteiger partial charge is 0.397 e. The summed E-state index contributed by atoms with van der Waals surface area (Å²) in [6.45, 7) is 1.66. The van der Waals surface area contributed by atoms with Crippen molar-refractivity contribution >= 4 is 54.7 Å². The fourth-order valence-corrected chi connectivity index (χ4v) is 5.20. The summed E-state index contributed by atoms with van der Waals surface area (Å²) in [6, 6.07) is 8.23. The van der Waals surface area contributed by atoms with Crippen LogP contribution in [0.5, 0.6) is 0 Å². The van der Waals surface area contributed by atoms with E-state index in [0.717, 1.165) is 4.31 Å². The Kier molecular flexibility index (Phi) is 6.09. The molecule has 2 aromatic rings. The molecule has 0 saturated heterocycles. The van der Waals surface area contributed by atoms with Crippen molar-refractivity contribution in [1.29, 1.82) is 0 Å². The molecule has 0 atom stereocenters. The number of halogens is 2. The van der Waals surface area contributed by atoms with E-state index < -0.39 is 25.9 Å². The van der Waals surface area contributed by atoms with Crippen LogP contribution < -0.4 is 10.0 Å². The first-order chi connectivity index (χ1) is 12.0. The summed E-state index contributed by atoms with van der Waals surface area (Å²) in [5.74, 6) is -0.632. The SMILES string of the molecule is CCN(c1cccc(CS(=O)(=O)O)c1)S(=O)(=O)c1cc(Cl)c(N)cc1Cl. The molecule has 0 aliphatic heterocycles. The first kappa shape index (κ1) is 20.8. The fraction of sp³-hybridized carbons (Fsp3) is 0.200. The Morgan fingerprint density at radius 1 is 1.08 bits per heavy atom. The molecule has 0 bridgehead atoms. The van der Waals surface area contributed by atoms with Gasteiger partial charge in [-0.3, -0.25) is 8.86 Å². The van der Waals surface area contributed by atoms with Crippen LogP contribution >= 0.6 is 23.2 Å². The van der Waals surface area contributed by atoms with Crippen LogP contribution in [0.15, 0.2) is 41.3 Å². The molecular formula is C15H16Cl2N2O5S2. The van der Waals surface area contributed by atoms with E-state index in [1.165, 1.54) is 36.4 Å². The molecule has 0 saturated carbocycles. The van der Waals surface area contributed by atoms with Gasteiger partial charge in [0.2, 0.25) is 0 Å². The lowest BCUT2D eigenvalue weighted by Gasteiger charge is -2.24. The van der Waals surface area contributed by atoms with Crippen molar-refractivity contribution in [3.63, 3.8) is 0 Å². The van der Waals surface area contributed by atoms with Gasteiger partial charge in [0, 0.05) is 6.54 Å². The predicted molar refractivity (Wildman–Crippen MR) is 103 cm³/mol. The lowest BCUT2D eigenvalue weighted by molar-refractivity contribution is 0.482. The van der Waals surface area contributed by atoms with Gasteiger partial charge in [0.1, 0.15) is 10.6 Å². The first-order valence-electron chi connectivity index (χ1n) is 7.27. The highest BCUT2D eigenvalue weighted by Gasteiger charge is 2.27. The predicted octanol–water partition coefficient (Wildman–Crippen LogP) is 3.18. The number of sulfonamides is 1. The van der Waals surface area contributed by atoms with E-state index in [1.807, 2.05) is 0 Å². The molecule has 2 aromatic carbocycles. The van der Waals surface area contributed by atoms with E-state index in [0.29, 0.717) is 0 Å². The second-order valence-electron chi connectivity index (χ2n) is 5.37. The van der Waals surface area contributed by atoms with Gasteiger partial charge in [-0.05, 0) is 36.8 Å². The maximum absolute atomic E-state index is 13.0. The second kappa shape index (κ2) is 7.61. The Morgan fingerprint density at radius 2 is 1.73 bits per heavy atom. The van der Waals surface area contributed by atoms with Gasteiger partial charge in [-0.15, -0.1) is 0 Å². The molecule has 0 aromatic heterocycles. The number of hydrogen-bond donors (Lipinski definition) is 2. The Balaban J connectivity index is 2.54. The van der Waals surface area contributed by atoms with E-state index in [9.17, 15) is 16.8 Å². The van der Waals surface area contributed by atoms with E-state index >= 15 is 0 Å². The third-order valence-electron chi connectivity index (χ3n) is 3.45. The van der Waals surface area contributed by atoms with Crippen LogP contribution in [0.4, 0.5) is 11.4 Å². The molecule has 142 valence electrons. The van der Waals surface area contributed by atoms with Gasteiger partial charge < -0.3 is 5.73 Å². The minimum atomic E-state index is -4.25. The monoisotopic (exact) mass is 438 g/mol. The van der Waals surface area contributed by atoms with Crippen LogP contribution in [0.1, 0.15) is 12.5 Å². The molecule has 0 fully saturated rings. The van der Waals surface area contributed by atoms with E-state index in [1.54, 1.807) is 6.92 Å². The van der Waals surface area contributed by atoms with Crippen molar-refractivity contribution in [2.45, 2.75) is 17.6 Å². The summed E-state index contributed by atoms with van der Waals surface area (Å²) < 4.78 is 58.2. The molecule has 0 aliphatic carbocycles. The number of nitrogen functional groups attached to an aromatic ring is 1. The molecule has 3 N–H and O–H groups in total. The second-order valence-corrected chi connectivity index (χ2v) is 9.47. The molecule has 0 heterocycles. The first-order valence-corrected chi connectivity index (χ1v) is 11.1. The number of hydrogen-bond acceptors (Lipinski definition) is 5. The summed E-state index contributed by atoms with van der Waals surface area (Å²) in [5.41, 5.74) is 6.23. The topological polar surface area (TPSA) is 118 Å². The Labute approximate surface area is 162 Å². The molecule has 11 heteroatoms. The van der Waals surface area contributed by atoms with Crippen molar-refractivity contribution in [1.82, 2.24) is 0 Å². The van der Waals surface area contributed by atoms with Crippen molar-refractivity contribution in [2.24, 2.45) is 0 Å². The van der Waals surface area contributed by atoms with Crippen molar-refractivity contribution in [3.8, 4) is 0 Å². The van der Waals surface area contributed by atoms with Gasteiger partial charge in [0.05, 0.1) is 21.4 Å². The zero-order chi connectivity index (χ0) is 19.7. The molecule has 0 radical (unpaired) electrons. The van der Waals surface area contributed by atoms with Gasteiger partial charge in [0.25, 0.3) is 20.1 Å². The summed E-state index contributed by atoms with van der Waals surface area (Å²) in [4.78, 5) is -0.222. The summed E-state index contributed by atoms with van der Waals surface area (Å²) in [5, 5.41) is -0.0383. The van der Waals surface area contributed by atoms with Gasteiger partial charge in [0.15, 0.2) is 0 Å². The van der Waals surface area contributed by atoms with Crippen LogP contribution in [-0.2, 0) is 25.9 Å². The van der Waals surface area contributed by atoms with E-state index in [2.05, 4.69) is 0 Å². The Bertz CT molecular complexity index is 1040. The number of nitrogens with two attached hydrogens (primary N) is 1. The molecule has 7 nitrogen and oxygen atoms in total. The zero-order valence-electron chi connectivity index (χ0n) is 13.6. The maximum Gasteiger partial charge on any atom is 0.269 e. The molecule has 0 amide bonds. The molecule has 26 heavy (non-hydrogen) atoms. The summed E-state index contributed by atoms with van der Waals surface area (Å²) in [6.07, 6.45) is 0. The third-order valence-corrected chi connectivity index (χ3v) is 6.85. The number of rotatable bonds is 6. The quantitative estimate of drug-likeness (QED) is 0.527. The number of anilines is 2. The van der Waals surface area contributed by atoms with Crippen LogP contribution in [0.2, 0.25) is 10.0 Å². The van der Waals surface area contributed by atoms with Crippen molar-refractivity contribution in [3.05, 3.63) is 52.0 Å². The molecule has 0 aliphatic rings. The standard InChI is InChI=1S/C15H16Cl2N2O5S2/c1-2-19(11-5-3-4-10(6-11)9-25(20,21)22)26(23,24)15-8-12(16)14(18)7-13(15)17/h3-8H,2,9,18H2,1H3,(H,20,21,22). The minimum Gasteiger partial charge on any atom is -0.397 e. The van der Waals surface area contributed by atoms with Crippen molar-refractivity contribution in [2.75, 3.05) is 16.6 Å². The maximum atomic E-state index is 13.0. The van der Waals surface area contributed by atoms with Crippen molar-refractivity contribution < 1.29 is 21.4 Å². The Hall–Kier alpha value is -1.52. The highest BCUT2D eigenvalue weighted by atomic mass is 35.5. The highest BCUT2D eigenvalue weighted by Crippen LogP contribution is 2.33. The van der Waals surface area contributed by atoms with Gasteiger partial charge in [-0.25, -0.2) is 8.42 Å². The third kappa shape index (κ3) is 4.60. The molecule has 0 spiro atoms. The lowest BCUT2D eigenvalue weighted by atomic mass is 10.2. The lowest BCUT2D eigenvalue weighted by Crippen LogP contribution is -2.31. The molecule has 2 rings (SSSR count). The summed E-state index contributed by atoms with van der Waals surface area (Å²) >= 11 is 12.0. The molecule has 0 unspecified atom stereocenters. The van der Waals surface area contributed by atoms with E-state index in [-0.39, 0.29) is 38.4 Å².